The van der Waals surface area contributed by atoms with Crippen molar-refractivity contribution in [3.05, 3.63) is 41.5 Å². The zero-order valence-electron chi connectivity index (χ0n) is 31.4. The first-order valence-electron chi connectivity index (χ1n) is 17.7. The predicted octanol–water partition coefficient (Wildman–Crippen LogP) is -8.04. The normalized spacial score (nSPS) is 13.2. The highest BCUT2D eigenvalue weighted by Crippen LogP contribution is 2.49. The summed E-state index contributed by atoms with van der Waals surface area (Å²) in [5.74, 6) is 0. The van der Waals surface area contributed by atoms with Gasteiger partial charge in [0.2, 0.25) is 0 Å². The van der Waals surface area contributed by atoms with Gasteiger partial charge in [0.05, 0.1) is 11.1 Å². The maximum Gasteiger partial charge on any atom is 0.136 e. The number of anilines is 3. The Kier molecular flexibility index (Phi) is 8.71. The number of hydrogen-bond acceptors (Lipinski definition) is 3. The quantitative estimate of drug-likeness (QED) is 0.172. The van der Waals surface area contributed by atoms with Crippen molar-refractivity contribution in [3.8, 4) is 11.1 Å². The fourth-order valence-corrected chi connectivity index (χ4v) is 8.68. The lowest BCUT2D eigenvalue weighted by Gasteiger charge is -2.31. The SMILES string of the molecule is [B]c1cc(N(c2cc([B])c3c(c2)oc2c([B])c([B])c([B])c([B])c23)c2cc([B])c([B])c3oc4c([B])c([B])c([B])c([B])c4c23)cc2c1-c1c([B])c([B])c([B])c([B])c1C2(C)C. The van der Waals surface area contributed by atoms with Crippen LogP contribution in [0.1, 0.15) is 25.0 Å². The average Bonchev–Trinajstić information content (AvgIpc) is 3.84. The lowest BCUT2D eigenvalue weighted by molar-refractivity contribution is 0.665. The molecule has 0 atom stereocenters. The van der Waals surface area contributed by atoms with Crippen molar-refractivity contribution < 1.29 is 8.83 Å². The van der Waals surface area contributed by atoms with E-state index in [0.29, 0.717) is 71.8 Å². The van der Waals surface area contributed by atoms with Crippen LogP contribution in [0, 0.1) is 0 Å². The van der Waals surface area contributed by atoms with E-state index in [1.54, 1.807) is 24.3 Å². The summed E-state index contributed by atoms with van der Waals surface area (Å²) in [6, 6.07) is 8.81. The van der Waals surface area contributed by atoms with Gasteiger partial charge < -0.3 is 13.7 Å². The van der Waals surface area contributed by atoms with E-state index in [1.165, 1.54) is 0 Å². The number of nitrogens with zero attached hydrogens (tertiary/aromatic N) is 1. The van der Waals surface area contributed by atoms with Gasteiger partial charge in [-0.15, -0.1) is 32.8 Å². The van der Waals surface area contributed by atoms with Gasteiger partial charge in [-0.2, -0.15) is 0 Å². The minimum atomic E-state index is -0.792. The Labute approximate surface area is 357 Å². The van der Waals surface area contributed by atoms with E-state index >= 15 is 0 Å². The van der Waals surface area contributed by atoms with Crippen molar-refractivity contribution in [2.45, 2.75) is 19.3 Å². The van der Waals surface area contributed by atoms with Crippen molar-refractivity contribution in [1.82, 2.24) is 0 Å². The summed E-state index contributed by atoms with van der Waals surface area (Å²) in [6.45, 7) is 3.97. The highest BCUT2D eigenvalue weighted by atomic mass is 16.3. The number of hydrogen-bond donors (Lipinski definition) is 0. The number of fused-ring (bicyclic) bond motifs is 9. The molecule has 2 heterocycles. The Morgan fingerprint density at radius 3 is 1.50 bits per heavy atom. The second-order valence-corrected chi connectivity index (χ2v) is 15.3. The van der Waals surface area contributed by atoms with Crippen LogP contribution in [0.3, 0.4) is 0 Å². The van der Waals surface area contributed by atoms with Crippen LogP contribution < -0.4 is 92.3 Å². The third-order valence-electron chi connectivity index (χ3n) is 11.7. The van der Waals surface area contributed by atoms with Gasteiger partial charge in [-0.05, 0) is 46.5 Å². The van der Waals surface area contributed by atoms with Gasteiger partial charge in [0, 0.05) is 39.0 Å². The molecule has 19 heteroatoms. The topological polar surface area (TPSA) is 29.5 Å². The summed E-state index contributed by atoms with van der Waals surface area (Å²) >= 11 is 0. The van der Waals surface area contributed by atoms with Crippen molar-refractivity contribution >= 4 is 274 Å². The summed E-state index contributed by atoms with van der Waals surface area (Å²) in [4.78, 5) is 1.83. The van der Waals surface area contributed by atoms with Crippen LogP contribution in [0.2, 0.25) is 0 Å². The van der Waals surface area contributed by atoms with Gasteiger partial charge in [-0.3, -0.25) is 0 Å². The van der Waals surface area contributed by atoms with E-state index in [9.17, 15) is 0 Å². The first-order chi connectivity index (χ1) is 27.2. The van der Waals surface area contributed by atoms with Crippen LogP contribution in [0.4, 0.5) is 17.1 Å². The third kappa shape index (κ3) is 4.97. The summed E-state index contributed by atoms with van der Waals surface area (Å²) in [7, 11) is 105. The molecule has 6 aromatic carbocycles. The highest BCUT2D eigenvalue weighted by molar-refractivity contribution is 6.69. The second kappa shape index (κ2) is 12.9. The summed E-state index contributed by atoms with van der Waals surface area (Å²) < 4.78 is 12.7. The van der Waals surface area contributed by atoms with E-state index in [-0.39, 0.29) is 93.2 Å². The Hall–Kier alpha value is -4.24. The van der Waals surface area contributed by atoms with Crippen LogP contribution in [-0.2, 0) is 5.41 Å². The molecule has 0 fully saturated rings. The van der Waals surface area contributed by atoms with E-state index in [0.717, 1.165) is 5.56 Å². The Morgan fingerprint density at radius 1 is 0.397 bits per heavy atom. The van der Waals surface area contributed by atoms with Crippen LogP contribution in [0.15, 0.2) is 39.2 Å². The van der Waals surface area contributed by atoms with Crippen LogP contribution in [-0.4, -0.2) is 126 Å². The Bertz CT molecular complexity index is 3240. The molecule has 0 aliphatic heterocycles. The fourth-order valence-electron chi connectivity index (χ4n) is 8.68. The molecule has 2 aromatic heterocycles. The molecule has 0 bridgehead atoms. The van der Waals surface area contributed by atoms with Gasteiger partial charge >= 0.3 is 0 Å². The average molecular weight is 699 g/mol. The minimum Gasteiger partial charge on any atom is -0.457 e. The zero-order chi connectivity index (χ0) is 41.9. The third-order valence-corrected chi connectivity index (χ3v) is 11.7. The monoisotopic (exact) mass is 701 g/mol. The van der Waals surface area contributed by atoms with Gasteiger partial charge in [0.1, 0.15) is 148 Å². The Balaban J connectivity index is 1.44. The Morgan fingerprint density at radius 2 is 0.879 bits per heavy atom. The molecular formula is C39H11B16NO2. The highest BCUT2D eigenvalue weighted by Gasteiger charge is 2.40. The predicted molar refractivity (Wildman–Crippen MR) is 259 cm³/mol. The van der Waals surface area contributed by atoms with Crippen LogP contribution in [0.5, 0.6) is 0 Å². The second-order valence-electron chi connectivity index (χ2n) is 15.3. The van der Waals surface area contributed by atoms with Gasteiger partial charge in [0.15, 0.2) is 0 Å². The summed E-state index contributed by atoms with van der Waals surface area (Å²) in [6.07, 6.45) is 0. The van der Waals surface area contributed by atoms with E-state index < -0.39 is 5.41 Å². The first-order valence-corrected chi connectivity index (χ1v) is 17.7. The van der Waals surface area contributed by atoms with Crippen molar-refractivity contribution in [2.24, 2.45) is 0 Å². The number of rotatable bonds is 3. The fraction of sp³-hybridized carbons (Fsp3) is 0.0769. The standard InChI is InChI=1S/C39H11B16NO2/c1-39(2)10-3-8(4-11(40)16(10)19-22(39)27(47)31(51)28(48)24(19)44)56(9-5-12(41)17-15(6-9)57-37-20(17)25(45)29(49)32(52)34(37)54)14-7-13(42)23(43)36-18(14)21-26(46)30(50)33(53)35(55)38(21)58-36/h3-7H,1-2H3. The van der Waals surface area contributed by atoms with Gasteiger partial charge in [0.25, 0.3) is 0 Å². The van der Waals surface area contributed by atoms with Crippen molar-refractivity contribution in [2.75, 3.05) is 4.90 Å². The first kappa shape index (κ1) is 39.2. The maximum atomic E-state index is 7.04. The van der Waals surface area contributed by atoms with Crippen LogP contribution >= 0.6 is 0 Å². The maximum absolute atomic E-state index is 7.04. The van der Waals surface area contributed by atoms with Crippen molar-refractivity contribution in [1.29, 1.82) is 0 Å². The molecule has 32 radical (unpaired) electrons. The molecular weight excluding hydrogens is 687 g/mol. The summed E-state index contributed by atoms with van der Waals surface area (Å²) in [5.41, 5.74) is 6.51. The molecule has 0 N–H and O–H groups in total. The van der Waals surface area contributed by atoms with Gasteiger partial charge in [-0.1, -0.05) is 68.5 Å². The minimum absolute atomic E-state index is 0.0462. The van der Waals surface area contributed by atoms with Crippen molar-refractivity contribution in [3.63, 3.8) is 0 Å². The molecule has 58 heavy (non-hydrogen) atoms. The summed E-state index contributed by atoms with van der Waals surface area (Å²) in [5, 5.41) is 1.59. The molecule has 0 spiro atoms. The molecule has 0 unspecified atom stereocenters. The molecule has 8 aromatic rings. The lowest BCUT2D eigenvalue weighted by Crippen LogP contribution is -2.50. The molecule has 1 aliphatic carbocycles. The van der Waals surface area contributed by atoms with Gasteiger partial charge in [-0.25, -0.2) is 0 Å². The van der Waals surface area contributed by atoms with Crippen LogP contribution in [0.25, 0.3) is 55.0 Å². The molecule has 232 valence electrons. The number of benzene rings is 6. The molecule has 1 aliphatic rings. The molecule has 9 rings (SSSR count). The molecule has 0 saturated carbocycles. The van der Waals surface area contributed by atoms with E-state index in [1.807, 2.05) is 24.8 Å². The molecule has 3 nitrogen and oxygen atoms in total. The molecule has 0 saturated heterocycles. The number of furan rings is 2. The largest absolute Gasteiger partial charge is 0.457 e. The smallest absolute Gasteiger partial charge is 0.136 e. The zero-order valence-corrected chi connectivity index (χ0v) is 31.4. The van der Waals surface area contributed by atoms with E-state index in [4.69, 9.17) is 134 Å². The van der Waals surface area contributed by atoms with E-state index in [2.05, 4.69) is 0 Å². The molecule has 0 amide bonds. The lowest BCUT2D eigenvalue weighted by atomic mass is 9.61.